The van der Waals surface area contributed by atoms with E-state index in [0.717, 1.165) is 6.42 Å². The van der Waals surface area contributed by atoms with Gasteiger partial charge in [0, 0.05) is 0 Å². The molecule has 0 saturated heterocycles. The van der Waals surface area contributed by atoms with Crippen LogP contribution in [0.25, 0.3) is 0 Å². The van der Waals surface area contributed by atoms with Crippen molar-refractivity contribution in [3.05, 3.63) is 18.6 Å². The van der Waals surface area contributed by atoms with Crippen LogP contribution in [0.2, 0.25) is 0 Å². The molecule has 0 radical (unpaired) electrons. The Morgan fingerprint density at radius 2 is 2.11 bits per heavy atom. The van der Waals surface area contributed by atoms with Crippen molar-refractivity contribution < 1.29 is 58.2 Å². The molecule has 1 aliphatic rings. The number of hydrogen-bond acceptors (Lipinski definition) is 0. The molecular weight excluding hydrogens is 182 g/mol. The van der Waals surface area contributed by atoms with Crippen LogP contribution in [0.3, 0.4) is 0 Å². The zero-order chi connectivity index (χ0) is 6.20. The topological polar surface area (TPSA) is 0 Å². The summed E-state index contributed by atoms with van der Waals surface area (Å²) in [7, 11) is 0. The molecule has 0 amide bonds. The van der Waals surface area contributed by atoms with Crippen LogP contribution in [-0.2, 0) is 0 Å². The summed E-state index contributed by atoms with van der Waals surface area (Å²) in [6.07, 6.45) is 4.65. The molecule has 0 bridgehead atoms. The van der Waals surface area contributed by atoms with Crippen molar-refractivity contribution in [1.82, 2.24) is 0 Å². The molecule has 1 rings (SSSR count). The second kappa shape index (κ2) is 3.80. The van der Waals surface area contributed by atoms with Gasteiger partial charge in [0.15, 0.2) is 0 Å². The molecule has 1 fully saturated rings. The van der Waals surface area contributed by atoms with Crippen molar-refractivity contribution in [2.24, 2.45) is 5.41 Å². The Bertz CT molecular complexity index is 114. The fraction of sp³-hybridized carbons (Fsp3) is 0.625. The van der Waals surface area contributed by atoms with Crippen molar-refractivity contribution in [2.75, 3.05) is 0 Å². The third-order valence-corrected chi connectivity index (χ3v) is 2.00. The third-order valence-electron chi connectivity index (χ3n) is 2.00. The summed E-state index contributed by atoms with van der Waals surface area (Å²) in [4.78, 5) is 0. The molecule has 0 aliphatic heterocycles. The minimum atomic E-state index is 0. The second-order valence-electron chi connectivity index (χ2n) is 3.18. The van der Waals surface area contributed by atoms with Gasteiger partial charge in [-0.25, -0.2) is 0 Å². The maximum absolute atomic E-state index is 3.98. The van der Waals surface area contributed by atoms with Gasteiger partial charge in [0.1, 0.15) is 0 Å². The van der Waals surface area contributed by atoms with Crippen LogP contribution in [0.15, 0.2) is 12.2 Å². The van der Waals surface area contributed by atoms with Crippen LogP contribution in [-0.4, -0.2) is 0 Å². The van der Waals surface area contributed by atoms with E-state index in [1.54, 1.807) is 0 Å². The predicted molar refractivity (Wildman–Crippen MR) is 36.5 cm³/mol. The fourth-order valence-corrected chi connectivity index (χ4v) is 1.03. The molecule has 0 atom stereocenters. The molecule has 0 aromatic heterocycles. The van der Waals surface area contributed by atoms with Gasteiger partial charge in [0.25, 0.3) is 0 Å². The van der Waals surface area contributed by atoms with Crippen LogP contribution in [0, 0.1) is 11.8 Å². The molecule has 46 valence electrons. The first kappa shape index (κ1) is 10.5. The molecule has 1 heteroatoms. The Morgan fingerprint density at radius 3 is 2.22 bits per heavy atom. The predicted octanol–water partition coefficient (Wildman–Crippen LogP) is -0.429. The molecule has 1 aliphatic carbocycles. The molecule has 0 N–H and O–H groups in total. The smallest absolute Gasteiger partial charge is 0.324 e. The van der Waals surface area contributed by atoms with E-state index in [1.165, 1.54) is 12.0 Å². The van der Waals surface area contributed by atoms with Gasteiger partial charge in [-0.15, -0.1) is 12.2 Å². The maximum Gasteiger partial charge on any atom is 1.00 e. The first-order valence-corrected chi connectivity index (χ1v) is 3.13. The molecule has 0 spiro atoms. The van der Waals surface area contributed by atoms with E-state index in [2.05, 4.69) is 26.8 Å². The number of rotatable bonds is 0. The van der Waals surface area contributed by atoms with Gasteiger partial charge in [-0.05, 0) is 5.41 Å². The molecule has 9 heavy (non-hydrogen) atoms. The largest absolute Gasteiger partial charge is 1.00 e. The molecule has 0 unspecified atom stereocenters. The van der Waals surface area contributed by atoms with Crippen LogP contribution in [0.1, 0.15) is 26.7 Å². The minimum absolute atomic E-state index is 0. The van der Waals surface area contributed by atoms with Crippen molar-refractivity contribution in [1.29, 1.82) is 0 Å². The normalized spacial score (nSPS) is 23.6. The van der Waals surface area contributed by atoms with E-state index in [0.29, 0.717) is 5.41 Å². The Kier molecular flexibility index (Phi) is 4.45. The van der Waals surface area contributed by atoms with Crippen LogP contribution in [0.5, 0.6) is 0 Å². The Balaban J connectivity index is 0.000000640. The van der Waals surface area contributed by atoms with E-state index >= 15 is 0 Å². The molecule has 0 heterocycles. The zero-order valence-electron chi connectivity index (χ0n) is 6.70. The van der Waals surface area contributed by atoms with Crippen molar-refractivity contribution in [3.8, 4) is 0 Å². The first-order chi connectivity index (χ1) is 3.63. The Hall–Kier alpha value is 1.55. The van der Waals surface area contributed by atoms with Crippen LogP contribution < -0.4 is 58.2 Å². The van der Waals surface area contributed by atoms with Crippen LogP contribution >= 0.6 is 0 Å². The number of allylic oxidation sites excluding steroid dienone is 1. The molecule has 1 saturated carbocycles. The molecule has 0 nitrogen and oxygen atoms in total. The van der Waals surface area contributed by atoms with E-state index in [-0.39, 0.29) is 58.2 Å². The van der Waals surface area contributed by atoms with Gasteiger partial charge in [-0.3, -0.25) is 0 Å². The Labute approximate surface area is 107 Å². The summed E-state index contributed by atoms with van der Waals surface area (Å²) in [6.45, 7) is 8.47. The Morgan fingerprint density at radius 1 is 1.56 bits per heavy atom. The monoisotopic (exact) mass is 194 g/mol. The van der Waals surface area contributed by atoms with Crippen molar-refractivity contribution >= 4 is 0 Å². The zero-order valence-corrected chi connectivity index (χ0v) is 11.6. The van der Waals surface area contributed by atoms with Crippen molar-refractivity contribution in [3.63, 3.8) is 0 Å². The van der Waals surface area contributed by atoms with E-state index in [9.17, 15) is 0 Å². The van der Waals surface area contributed by atoms with Crippen molar-refractivity contribution in [2.45, 2.75) is 26.7 Å². The van der Waals surface area contributed by atoms with Gasteiger partial charge >= 0.3 is 58.2 Å². The molecule has 0 aromatic rings. The minimum Gasteiger partial charge on any atom is -0.324 e. The van der Waals surface area contributed by atoms with E-state index in [1.807, 2.05) is 0 Å². The van der Waals surface area contributed by atoms with E-state index < -0.39 is 0 Å². The fourth-order valence-electron chi connectivity index (χ4n) is 1.03. The average molecular weight is 195 g/mol. The van der Waals surface area contributed by atoms with Gasteiger partial charge in [-0.2, -0.15) is 12.8 Å². The summed E-state index contributed by atoms with van der Waals surface area (Å²) in [5, 5.41) is 0. The molecule has 0 aromatic carbocycles. The van der Waals surface area contributed by atoms with Gasteiger partial charge < -0.3 is 6.42 Å². The quantitative estimate of drug-likeness (QED) is 0.363. The van der Waals surface area contributed by atoms with E-state index in [4.69, 9.17) is 0 Å². The standard InChI is InChI=1S/C8H13.Rb/c1-7-5-4-6-8(7,2)3;/h4H,1,5-6H2,2-3H3;/q-1;+1. The third kappa shape index (κ3) is 2.57. The van der Waals surface area contributed by atoms with Gasteiger partial charge in [0.2, 0.25) is 0 Å². The summed E-state index contributed by atoms with van der Waals surface area (Å²) in [5.41, 5.74) is 1.79. The number of hydrogen-bond donors (Lipinski definition) is 0. The summed E-state index contributed by atoms with van der Waals surface area (Å²) >= 11 is 0. The summed E-state index contributed by atoms with van der Waals surface area (Å²) < 4.78 is 0. The summed E-state index contributed by atoms with van der Waals surface area (Å²) in [6, 6.07) is 0. The average Bonchev–Trinajstić information content (AvgIpc) is 1.86. The first-order valence-electron chi connectivity index (χ1n) is 3.13. The second-order valence-corrected chi connectivity index (χ2v) is 3.18. The maximum atomic E-state index is 3.98. The molecular formula is C8H13Rb. The van der Waals surface area contributed by atoms with Gasteiger partial charge in [-0.1, -0.05) is 13.8 Å². The van der Waals surface area contributed by atoms with Gasteiger partial charge in [0.05, 0.1) is 0 Å². The summed E-state index contributed by atoms with van der Waals surface area (Å²) in [5.74, 6) is 0. The van der Waals surface area contributed by atoms with Crippen LogP contribution in [0.4, 0.5) is 0 Å². The SMILES string of the molecule is C=C1C[CH-]CC1(C)C.[Rb+].